The van der Waals surface area contributed by atoms with E-state index in [-0.39, 0.29) is 5.16 Å². The zero-order valence-corrected chi connectivity index (χ0v) is 18.7. The van der Waals surface area contributed by atoms with Gasteiger partial charge in [0.15, 0.2) is 0 Å². The van der Waals surface area contributed by atoms with E-state index in [1.54, 1.807) is 13.3 Å². The Labute approximate surface area is 174 Å². The summed E-state index contributed by atoms with van der Waals surface area (Å²) in [4.78, 5) is 9.07. The zero-order valence-electron chi connectivity index (χ0n) is 17.8. The van der Waals surface area contributed by atoms with Crippen molar-refractivity contribution in [3.8, 4) is 0 Å². The monoisotopic (exact) mass is 420 g/mol. The van der Waals surface area contributed by atoms with Crippen molar-refractivity contribution in [2.24, 2.45) is 0 Å². The Morgan fingerprint density at radius 3 is 2.66 bits per heavy atom. The van der Waals surface area contributed by atoms with Crippen molar-refractivity contribution in [1.82, 2.24) is 14.5 Å². The standard InChI is InChI=1S/C21H32N4O3S/c1-17-8-5-6-9-20(17)24-12-11-23(18(2)15-24)16-19-14-22-21(29(4,26)27)25(19)10-7-13-28-3/h5-6,8-9,14,18H,7,10-13,15-16H2,1-4H3. The number of aromatic nitrogens is 2. The van der Waals surface area contributed by atoms with Crippen molar-refractivity contribution in [2.75, 3.05) is 44.5 Å². The molecular weight excluding hydrogens is 388 g/mol. The summed E-state index contributed by atoms with van der Waals surface area (Å²) in [6.07, 6.45) is 3.68. The first-order chi connectivity index (χ1) is 13.8. The Hall–Kier alpha value is -1.90. The summed E-state index contributed by atoms with van der Waals surface area (Å²) in [5.41, 5.74) is 3.53. The van der Waals surface area contributed by atoms with E-state index in [1.807, 2.05) is 4.57 Å². The van der Waals surface area contributed by atoms with Crippen molar-refractivity contribution < 1.29 is 13.2 Å². The number of para-hydroxylation sites is 1. The van der Waals surface area contributed by atoms with Crippen molar-refractivity contribution >= 4 is 15.5 Å². The number of ether oxygens (including phenoxy) is 1. The maximum atomic E-state index is 12.2. The number of imidazole rings is 1. The molecule has 7 nitrogen and oxygen atoms in total. The Bertz CT molecular complexity index is 926. The number of methoxy groups -OCH3 is 1. The molecule has 0 aliphatic carbocycles. The van der Waals surface area contributed by atoms with Gasteiger partial charge >= 0.3 is 0 Å². The molecule has 0 radical (unpaired) electrons. The van der Waals surface area contributed by atoms with E-state index in [9.17, 15) is 8.42 Å². The highest BCUT2D eigenvalue weighted by Crippen LogP contribution is 2.24. The minimum atomic E-state index is -3.37. The fraction of sp³-hybridized carbons (Fsp3) is 0.571. The van der Waals surface area contributed by atoms with Crippen LogP contribution >= 0.6 is 0 Å². The number of hydrogen-bond acceptors (Lipinski definition) is 6. The topological polar surface area (TPSA) is 67.7 Å². The van der Waals surface area contributed by atoms with Gasteiger partial charge in [-0.05, 0) is 31.9 Å². The molecule has 0 bridgehead atoms. The summed E-state index contributed by atoms with van der Waals surface area (Å²) in [6, 6.07) is 8.85. The van der Waals surface area contributed by atoms with E-state index in [1.165, 1.54) is 17.5 Å². The first-order valence-corrected chi connectivity index (χ1v) is 12.0. The van der Waals surface area contributed by atoms with E-state index in [4.69, 9.17) is 4.74 Å². The molecule has 1 fully saturated rings. The lowest BCUT2D eigenvalue weighted by atomic mass is 10.1. The average Bonchev–Trinajstić information content (AvgIpc) is 3.07. The van der Waals surface area contributed by atoms with Gasteiger partial charge in [-0.25, -0.2) is 13.4 Å². The molecular formula is C21H32N4O3S. The van der Waals surface area contributed by atoms with E-state index in [0.29, 0.717) is 25.7 Å². The molecule has 1 aromatic carbocycles. The molecule has 1 aliphatic rings. The number of benzene rings is 1. The molecule has 1 saturated heterocycles. The number of anilines is 1. The van der Waals surface area contributed by atoms with Crippen molar-refractivity contribution in [2.45, 2.75) is 44.6 Å². The second kappa shape index (κ2) is 9.28. The van der Waals surface area contributed by atoms with Crippen LogP contribution in [-0.4, -0.2) is 68.5 Å². The van der Waals surface area contributed by atoms with Crippen LogP contribution in [-0.2, 0) is 27.7 Å². The largest absolute Gasteiger partial charge is 0.385 e. The molecule has 3 rings (SSSR count). The molecule has 0 spiro atoms. The number of hydrogen-bond donors (Lipinski definition) is 0. The molecule has 8 heteroatoms. The molecule has 1 atom stereocenters. The minimum absolute atomic E-state index is 0.148. The number of aryl methyl sites for hydroxylation is 1. The lowest BCUT2D eigenvalue weighted by Gasteiger charge is -2.41. The molecule has 29 heavy (non-hydrogen) atoms. The van der Waals surface area contributed by atoms with Gasteiger partial charge in [0, 0.05) is 64.4 Å². The second-order valence-corrected chi connectivity index (χ2v) is 9.76. The Morgan fingerprint density at radius 2 is 2.00 bits per heavy atom. The molecule has 1 aromatic heterocycles. The second-order valence-electron chi connectivity index (χ2n) is 7.85. The Kier molecular flexibility index (Phi) is 6.97. The number of nitrogens with zero attached hydrogens (tertiary/aromatic N) is 4. The predicted octanol–water partition coefficient (Wildman–Crippen LogP) is 2.34. The van der Waals surface area contributed by atoms with Crippen LogP contribution in [0.4, 0.5) is 5.69 Å². The summed E-state index contributed by atoms with van der Waals surface area (Å²) in [7, 11) is -1.71. The van der Waals surface area contributed by atoms with Crippen molar-refractivity contribution in [3.63, 3.8) is 0 Å². The summed E-state index contributed by atoms with van der Waals surface area (Å²) in [6.45, 7) is 9.07. The van der Waals surface area contributed by atoms with Gasteiger partial charge in [0.1, 0.15) is 0 Å². The third kappa shape index (κ3) is 5.18. The molecule has 0 amide bonds. The molecule has 1 unspecified atom stereocenters. The molecule has 2 heterocycles. The number of rotatable bonds is 8. The van der Waals surface area contributed by atoms with Crippen LogP contribution in [0.5, 0.6) is 0 Å². The minimum Gasteiger partial charge on any atom is -0.385 e. The number of sulfone groups is 1. The first kappa shape index (κ1) is 21.8. The first-order valence-electron chi connectivity index (χ1n) is 10.1. The van der Waals surface area contributed by atoms with Gasteiger partial charge in [-0.15, -0.1) is 0 Å². The lowest BCUT2D eigenvalue weighted by molar-refractivity contribution is 0.172. The molecule has 1 aliphatic heterocycles. The fourth-order valence-corrected chi connectivity index (χ4v) is 4.85. The van der Waals surface area contributed by atoms with Gasteiger partial charge in [-0.3, -0.25) is 4.90 Å². The SMILES string of the molecule is COCCCn1c(CN2CCN(c3ccccc3C)CC2C)cnc1S(C)(=O)=O. The highest BCUT2D eigenvalue weighted by Gasteiger charge is 2.27. The van der Waals surface area contributed by atoms with Crippen LogP contribution < -0.4 is 4.90 Å². The van der Waals surface area contributed by atoms with E-state index in [2.05, 4.69) is 52.9 Å². The lowest BCUT2D eigenvalue weighted by Crippen LogP contribution is -2.51. The van der Waals surface area contributed by atoms with Crippen LogP contribution in [0.25, 0.3) is 0 Å². The summed E-state index contributed by atoms with van der Waals surface area (Å²) < 4.78 is 31.3. The smallest absolute Gasteiger partial charge is 0.227 e. The van der Waals surface area contributed by atoms with Crippen LogP contribution in [0.2, 0.25) is 0 Å². The normalized spacial score (nSPS) is 18.3. The van der Waals surface area contributed by atoms with Gasteiger partial charge < -0.3 is 14.2 Å². The van der Waals surface area contributed by atoms with Crippen LogP contribution in [0, 0.1) is 6.92 Å². The number of piperazine rings is 1. The molecule has 0 N–H and O–H groups in total. The third-order valence-electron chi connectivity index (χ3n) is 5.55. The van der Waals surface area contributed by atoms with Crippen LogP contribution in [0.3, 0.4) is 0 Å². The Morgan fingerprint density at radius 1 is 1.24 bits per heavy atom. The third-order valence-corrected chi connectivity index (χ3v) is 6.54. The van der Waals surface area contributed by atoms with Crippen molar-refractivity contribution in [1.29, 1.82) is 0 Å². The maximum absolute atomic E-state index is 12.2. The summed E-state index contributed by atoms with van der Waals surface area (Å²) >= 11 is 0. The maximum Gasteiger partial charge on any atom is 0.227 e. The summed E-state index contributed by atoms with van der Waals surface area (Å²) in [5, 5.41) is 0.148. The van der Waals surface area contributed by atoms with E-state index >= 15 is 0 Å². The van der Waals surface area contributed by atoms with Gasteiger partial charge in [0.25, 0.3) is 0 Å². The van der Waals surface area contributed by atoms with Crippen molar-refractivity contribution in [3.05, 3.63) is 41.7 Å². The summed E-state index contributed by atoms with van der Waals surface area (Å²) in [5.74, 6) is 0. The molecule has 160 valence electrons. The van der Waals surface area contributed by atoms with Gasteiger partial charge in [-0.1, -0.05) is 18.2 Å². The van der Waals surface area contributed by atoms with Gasteiger partial charge in [0.05, 0.1) is 11.9 Å². The molecule has 2 aromatic rings. The van der Waals surface area contributed by atoms with Crippen LogP contribution in [0.1, 0.15) is 24.6 Å². The van der Waals surface area contributed by atoms with E-state index in [0.717, 1.165) is 31.7 Å². The zero-order chi connectivity index (χ0) is 21.0. The quantitative estimate of drug-likeness (QED) is 0.611. The highest BCUT2D eigenvalue weighted by molar-refractivity contribution is 7.90. The average molecular weight is 421 g/mol. The fourth-order valence-electron chi connectivity index (χ4n) is 4.00. The molecule has 0 saturated carbocycles. The predicted molar refractivity (Wildman–Crippen MR) is 115 cm³/mol. The van der Waals surface area contributed by atoms with Gasteiger partial charge in [-0.2, -0.15) is 0 Å². The van der Waals surface area contributed by atoms with Gasteiger partial charge in [0.2, 0.25) is 15.0 Å². The van der Waals surface area contributed by atoms with E-state index < -0.39 is 9.84 Å². The van der Waals surface area contributed by atoms with Crippen LogP contribution in [0.15, 0.2) is 35.6 Å². The highest BCUT2D eigenvalue weighted by atomic mass is 32.2. The Balaban J connectivity index is 1.73.